The minimum Gasteiger partial charge on any atom is -0.272 e. The summed E-state index contributed by atoms with van der Waals surface area (Å²) in [4.78, 5) is 35.1. The Morgan fingerprint density at radius 2 is 2.00 bits per heavy atom. The molecular weight excluding hydrogens is 260 g/mol. The van der Waals surface area contributed by atoms with Gasteiger partial charge in [-0.1, -0.05) is 12.7 Å². The Kier molecular flexibility index (Phi) is 3.38. The van der Waals surface area contributed by atoms with Crippen molar-refractivity contribution in [1.29, 1.82) is 0 Å². The number of hydrogen-bond acceptors (Lipinski definition) is 6. The molecule has 0 fully saturated rings. The summed E-state index contributed by atoms with van der Waals surface area (Å²) in [5.41, 5.74) is -0.627. The molecule has 0 aliphatic carbocycles. The summed E-state index contributed by atoms with van der Waals surface area (Å²) in [7, 11) is 2.91. The van der Waals surface area contributed by atoms with Crippen molar-refractivity contribution >= 4 is 12.3 Å². The van der Waals surface area contributed by atoms with E-state index in [0.717, 1.165) is 4.57 Å². The summed E-state index contributed by atoms with van der Waals surface area (Å²) in [6.07, 6.45) is 2.92. The van der Waals surface area contributed by atoms with E-state index in [4.69, 9.17) is 0 Å². The average Bonchev–Trinajstić information content (AvgIpc) is 2.43. The van der Waals surface area contributed by atoms with Gasteiger partial charge >= 0.3 is 5.69 Å². The van der Waals surface area contributed by atoms with Crippen LogP contribution in [0.3, 0.4) is 0 Å². The van der Waals surface area contributed by atoms with Crippen LogP contribution < -0.4 is 11.2 Å². The lowest BCUT2D eigenvalue weighted by Crippen LogP contribution is -2.37. The molecule has 0 N–H and O–H groups in total. The summed E-state index contributed by atoms with van der Waals surface area (Å²) in [6.45, 7) is 6.97. The Bertz CT molecular complexity index is 814. The van der Waals surface area contributed by atoms with Gasteiger partial charge in [-0.25, -0.2) is 14.5 Å². The van der Waals surface area contributed by atoms with Gasteiger partial charge in [-0.15, -0.1) is 0 Å². The fourth-order valence-electron chi connectivity index (χ4n) is 1.62. The van der Waals surface area contributed by atoms with E-state index >= 15 is 0 Å². The predicted molar refractivity (Wildman–Crippen MR) is 74.7 cm³/mol. The number of nitrogens with zero attached hydrogens (tertiary/aromatic N) is 6. The topological polar surface area (TPSA) is 95.0 Å². The van der Waals surface area contributed by atoms with Gasteiger partial charge in [0.2, 0.25) is 0 Å². The molecule has 0 saturated heterocycles. The van der Waals surface area contributed by atoms with Crippen LogP contribution in [0.5, 0.6) is 0 Å². The van der Waals surface area contributed by atoms with Crippen LogP contribution in [0.25, 0.3) is 17.1 Å². The lowest BCUT2D eigenvalue weighted by Gasteiger charge is -2.11. The second-order valence-corrected chi connectivity index (χ2v) is 3.96. The van der Waals surface area contributed by atoms with Crippen LogP contribution in [0.1, 0.15) is 5.82 Å². The van der Waals surface area contributed by atoms with E-state index in [1.165, 1.54) is 24.0 Å². The molecule has 2 aliphatic heterocycles. The van der Waals surface area contributed by atoms with Gasteiger partial charge in [0, 0.05) is 25.9 Å². The monoisotopic (exact) mass is 272 g/mol. The molecule has 102 valence electrons. The highest BCUT2D eigenvalue weighted by atomic mass is 16.2. The molecule has 0 aromatic heterocycles. The highest BCUT2D eigenvalue weighted by molar-refractivity contribution is 5.70. The number of fused-ring (bicyclic) bond motifs is 1. The van der Waals surface area contributed by atoms with Crippen molar-refractivity contribution in [3.63, 3.8) is 0 Å². The normalized spacial score (nSPS) is 11.6. The summed E-state index contributed by atoms with van der Waals surface area (Å²) < 4.78 is 2.21. The molecule has 2 heterocycles. The minimum atomic E-state index is -0.651. The molecule has 0 saturated carbocycles. The van der Waals surface area contributed by atoms with Crippen molar-refractivity contribution < 1.29 is 0 Å². The van der Waals surface area contributed by atoms with E-state index in [9.17, 15) is 9.59 Å². The molecule has 0 spiro atoms. The molecule has 0 aromatic rings. The van der Waals surface area contributed by atoms with E-state index in [1.807, 2.05) is 0 Å². The number of allylic oxidation sites excluding steroid dienone is 2. The lowest BCUT2D eigenvalue weighted by atomic mass is 10.2. The largest absolute Gasteiger partial charge is 0.352 e. The quantitative estimate of drug-likeness (QED) is 0.559. The second kappa shape index (κ2) is 5.00. The van der Waals surface area contributed by atoms with E-state index < -0.39 is 11.2 Å². The minimum absolute atomic E-state index is 0.0522. The maximum absolute atomic E-state index is 12.1. The van der Waals surface area contributed by atoms with Crippen molar-refractivity contribution in [2.45, 2.75) is 0 Å². The van der Waals surface area contributed by atoms with Gasteiger partial charge in [-0.3, -0.25) is 14.4 Å². The zero-order valence-electron chi connectivity index (χ0n) is 11.1. The van der Waals surface area contributed by atoms with E-state index in [1.54, 1.807) is 7.05 Å². The third-order valence-corrected chi connectivity index (χ3v) is 2.68. The first-order chi connectivity index (χ1) is 9.49. The number of aliphatic imine (C=N–C) groups is 1. The number of aromatic nitrogens is 5. The van der Waals surface area contributed by atoms with Crippen molar-refractivity contribution in [2.75, 3.05) is 0 Å². The molecular formula is C12H12N6O2. The fraction of sp³-hybridized carbons (Fsp3) is 0.167. The van der Waals surface area contributed by atoms with Crippen LogP contribution in [0.15, 0.2) is 33.4 Å². The lowest BCUT2D eigenvalue weighted by molar-refractivity contribution is 0.668. The summed E-state index contributed by atoms with van der Waals surface area (Å²) >= 11 is 0. The molecule has 0 unspecified atom stereocenters. The molecule has 0 bridgehead atoms. The van der Waals surface area contributed by atoms with E-state index in [0.29, 0.717) is 5.57 Å². The molecule has 8 heteroatoms. The summed E-state index contributed by atoms with van der Waals surface area (Å²) in [5.74, 6) is 0.372. The van der Waals surface area contributed by atoms with Gasteiger partial charge in [0.25, 0.3) is 5.56 Å². The second-order valence-electron chi connectivity index (χ2n) is 3.96. The van der Waals surface area contributed by atoms with Gasteiger partial charge in [-0.05, 0) is 6.72 Å². The first-order valence-corrected chi connectivity index (χ1v) is 5.60. The first kappa shape index (κ1) is 13.5. The van der Waals surface area contributed by atoms with Crippen LogP contribution in [0.4, 0.5) is 0 Å². The van der Waals surface area contributed by atoms with Crippen molar-refractivity contribution in [3.8, 4) is 11.5 Å². The van der Waals surface area contributed by atoms with Crippen LogP contribution in [-0.2, 0) is 14.1 Å². The van der Waals surface area contributed by atoms with Gasteiger partial charge < -0.3 is 0 Å². The van der Waals surface area contributed by atoms with Crippen LogP contribution in [0.2, 0.25) is 0 Å². The molecule has 0 radical (unpaired) electrons. The third-order valence-electron chi connectivity index (χ3n) is 2.68. The van der Waals surface area contributed by atoms with E-state index in [2.05, 4.69) is 33.4 Å². The third kappa shape index (κ3) is 2.07. The molecule has 2 aliphatic rings. The predicted octanol–water partition coefficient (Wildman–Crippen LogP) is -0.399. The van der Waals surface area contributed by atoms with Crippen LogP contribution in [-0.4, -0.2) is 31.0 Å². The Morgan fingerprint density at radius 3 is 2.60 bits per heavy atom. The van der Waals surface area contributed by atoms with Crippen LogP contribution in [0, 0.1) is 0 Å². The van der Waals surface area contributed by atoms with Crippen molar-refractivity contribution in [1.82, 2.24) is 24.3 Å². The van der Waals surface area contributed by atoms with Crippen LogP contribution >= 0.6 is 0 Å². The van der Waals surface area contributed by atoms with Gasteiger partial charge in [0.1, 0.15) is 0 Å². The number of aryl methyl sites for hydroxylation is 1. The molecule has 8 nitrogen and oxygen atoms in total. The molecule has 0 aromatic carbocycles. The Hall–Kier alpha value is -2.90. The standard InChI is InChI=1S/C12H12N6O2/c1-5-7(6-13-2)9-14-8-10(18(4)16-9)15-12(20)17(3)11(8)19/h5-6H,1-2H2,3-4H3/b7-6+. The fourth-order valence-corrected chi connectivity index (χ4v) is 1.62. The van der Waals surface area contributed by atoms with Crippen molar-refractivity contribution in [3.05, 3.63) is 45.5 Å². The zero-order valence-corrected chi connectivity index (χ0v) is 11.1. The Labute approximate surface area is 113 Å². The van der Waals surface area contributed by atoms with Gasteiger partial charge in [0.15, 0.2) is 17.3 Å². The SMILES string of the molecule is C=C/C(=C\N=C)c1nc2c(=O)n(C)c(=O)nc-2n(C)n1. The Morgan fingerprint density at radius 1 is 1.30 bits per heavy atom. The number of hydrogen-bond donors (Lipinski definition) is 0. The maximum Gasteiger partial charge on any atom is 0.352 e. The average molecular weight is 272 g/mol. The molecule has 20 heavy (non-hydrogen) atoms. The van der Waals surface area contributed by atoms with E-state index in [-0.39, 0.29) is 17.3 Å². The zero-order chi connectivity index (χ0) is 14.9. The van der Waals surface area contributed by atoms with Gasteiger partial charge in [-0.2, -0.15) is 10.1 Å². The molecule has 0 atom stereocenters. The number of rotatable bonds is 3. The highest BCUT2D eigenvalue weighted by Crippen LogP contribution is 2.15. The molecule has 2 rings (SSSR count). The smallest absolute Gasteiger partial charge is 0.272 e. The first-order valence-electron chi connectivity index (χ1n) is 5.60. The summed E-state index contributed by atoms with van der Waals surface area (Å²) in [5, 5.41) is 4.13. The maximum atomic E-state index is 12.1. The highest BCUT2D eigenvalue weighted by Gasteiger charge is 2.19. The van der Waals surface area contributed by atoms with Gasteiger partial charge in [0.05, 0.1) is 0 Å². The van der Waals surface area contributed by atoms with Crippen molar-refractivity contribution in [2.24, 2.45) is 19.1 Å². The molecule has 0 amide bonds. The Balaban J connectivity index is 2.88. The summed E-state index contributed by atoms with van der Waals surface area (Å²) in [6, 6.07) is 0.